The number of amides is 2. The number of carbonyl (C=O) groups excluding carboxylic acids is 1. The van der Waals surface area contributed by atoms with Crippen LogP contribution in [0.5, 0.6) is 0 Å². The number of nitrogens with one attached hydrogen (secondary N) is 3. The lowest BCUT2D eigenvalue weighted by molar-refractivity contribution is 0.241. The summed E-state index contributed by atoms with van der Waals surface area (Å²) in [7, 11) is -0.877. The molecule has 1 aromatic carbocycles. The number of hydrogen-bond acceptors (Lipinski definition) is 2. The van der Waals surface area contributed by atoms with Crippen LogP contribution in [0.3, 0.4) is 0 Å². The minimum atomic E-state index is -0.877. The van der Waals surface area contributed by atoms with Gasteiger partial charge in [0.25, 0.3) is 0 Å². The number of carbonyl (C=O) groups is 1. The maximum Gasteiger partial charge on any atom is 0.314 e. The van der Waals surface area contributed by atoms with E-state index in [1.54, 1.807) is 6.26 Å². The normalized spacial score (nSPS) is 12.3. The predicted octanol–water partition coefficient (Wildman–Crippen LogP) is 1.70. The van der Waals surface area contributed by atoms with Gasteiger partial charge in [0.15, 0.2) is 0 Å². The number of rotatable bonds is 6. The average molecular weight is 307 g/mol. The van der Waals surface area contributed by atoms with Gasteiger partial charge in [-0.2, -0.15) is 0 Å². The topological polar surface area (TPSA) is 74.0 Å². The molecule has 0 radical (unpaired) electrons. The number of aryl methyl sites for hydroxylation is 1. The van der Waals surface area contributed by atoms with Crippen LogP contribution in [0.1, 0.15) is 11.1 Å². The highest BCUT2D eigenvalue weighted by molar-refractivity contribution is 7.84. The van der Waals surface area contributed by atoms with Crippen molar-refractivity contribution in [3.05, 3.63) is 35.5 Å². The summed E-state index contributed by atoms with van der Waals surface area (Å²) in [4.78, 5) is 14.8. The number of hydrogen-bond donors (Lipinski definition) is 3. The molecule has 0 saturated carbocycles. The minimum absolute atomic E-state index is 0.212. The number of benzene rings is 1. The Bertz CT molecular complexity index is 651. The molecule has 1 aromatic heterocycles. The van der Waals surface area contributed by atoms with Crippen molar-refractivity contribution in [2.24, 2.45) is 0 Å². The van der Waals surface area contributed by atoms with Gasteiger partial charge >= 0.3 is 6.03 Å². The third-order valence-corrected chi connectivity index (χ3v) is 4.14. The quantitative estimate of drug-likeness (QED) is 0.760. The SMILES string of the molecule is Cc1cccc2c(CCNC(=O)NCC[S@@](C)=O)c[nH]c12. The highest BCUT2D eigenvalue weighted by atomic mass is 32.2. The van der Waals surface area contributed by atoms with E-state index in [0.29, 0.717) is 18.8 Å². The fraction of sp³-hybridized carbons (Fsp3) is 0.400. The number of urea groups is 1. The molecule has 21 heavy (non-hydrogen) atoms. The molecule has 0 fully saturated rings. The van der Waals surface area contributed by atoms with Crippen molar-refractivity contribution in [2.75, 3.05) is 25.1 Å². The van der Waals surface area contributed by atoms with Crippen molar-refractivity contribution >= 4 is 27.7 Å². The smallest absolute Gasteiger partial charge is 0.314 e. The van der Waals surface area contributed by atoms with Gasteiger partial charge in [-0.25, -0.2) is 4.79 Å². The highest BCUT2D eigenvalue weighted by Crippen LogP contribution is 2.21. The molecule has 1 atom stereocenters. The van der Waals surface area contributed by atoms with Crippen LogP contribution in [-0.4, -0.2) is 40.3 Å². The summed E-state index contributed by atoms with van der Waals surface area (Å²) in [5.74, 6) is 0.481. The summed E-state index contributed by atoms with van der Waals surface area (Å²) in [6.45, 7) is 3.08. The van der Waals surface area contributed by atoms with Crippen LogP contribution in [0, 0.1) is 6.92 Å². The summed E-state index contributed by atoms with van der Waals surface area (Å²) >= 11 is 0. The number of para-hydroxylation sites is 1. The Labute approximate surface area is 127 Å². The van der Waals surface area contributed by atoms with Crippen LogP contribution in [0.4, 0.5) is 4.79 Å². The zero-order valence-electron chi connectivity index (χ0n) is 12.4. The molecule has 0 aliphatic carbocycles. The Balaban J connectivity index is 1.81. The molecule has 0 aliphatic heterocycles. The van der Waals surface area contributed by atoms with E-state index >= 15 is 0 Å². The summed E-state index contributed by atoms with van der Waals surface area (Å²) in [5, 5.41) is 6.71. The number of H-pyrrole nitrogens is 1. The molecule has 2 aromatic rings. The molecule has 114 valence electrons. The van der Waals surface area contributed by atoms with E-state index in [1.165, 1.54) is 16.5 Å². The van der Waals surface area contributed by atoms with Crippen LogP contribution in [-0.2, 0) is 17.2 Å². The van der Waals surface area contributed by atoms with E-state index in [1.807, 2.05) is 12.3 Å². The Kier molecular flexibility index (Phi) is 5.38. The maximum atomic E-state index is 11.5. The number of aromatic amines is 1. The van der Waals surface area contributed by atoms with E-state index in [4.69, 9.17) is 0 Å². The molecule has 0 spiro atoms. The molecule has 6 heteroatoms. The molecule has 3 N–H and O–H groups in total. The molecule has 0 aliphatic rings. The molecule has 0 unspecified atom stereocenters. The van der Waals surface area contributed by atoms with Gasteiger partial charge < -0.3 is 15.6 Å². The van der Waals surface area contributed by atoms with Gasteiger partial charge in [0, 0.05) is 53.0 Å². The van der Waals surface area contributed by atoms with E-state index in [9.17, 15) is 9.00 Å². The molecule has 5 nitrogen and oxygen atoms in total. The van der Waals surface area contributed by atoms with E-state index in [2.05, 4.69) is 34.7 Å². The van der Waals surface area contributed by atoms with E-state index in [0.717, 1.165) is 11.9 Å². The molecule has 2 amide bonds. The Morgan fingerprint density at radius 3 is 2.81 bits per heavy atom. The van der Waals surface area contributed by atoms with Crippen LogP contribution >= 0.6 is 0 Å². The summed E-state index contributed by atoms with van der Waals surface area (Å²) in [6.07, 6.45) is 4.40. The third kappa shape index (κ3) is 4.32. The summed E-state index contributed by atoms with van der Waals surface area (Å²) in [6, 6.07) is 5.99. The van der Waals surface area contributed by atoms with Gasteiger partial charge in [0.1, 0.15) is 0 Å². The van der Waals surface area contributed by atoms with Crippen molar-refractivity contribution in [3.63, 3.8) is 0 Å². The summed E-state index contributed by atoms with van der Waals surface area (Å²) in [5.41, 5.74) is 3.57. The Hall–Kier alpha value is -1.82. The molecular formula is C15H21N3O2S. The Morgan fingerprint density at radius 2 is 2.05 bits per heavy atom. The number of aromatic nitrogens is 1. The van der Waals surface area contributed by atoms with Crippen LogP contribution in [0.2, 0.25) is 0 Å². The van der Waals surface area contributed by atoms with E-state index < -0.39 is 10.8 Å². The van der Waals surface area contributed by atoms with Crippen molar-refractivity contribution in [3.8, 4) is 0 Å². The largest absolute Gasteiger partial charge is 0.361 e. The minimum Gasteiger partial charge on any atom is -0.361 e. The lowest BCUT2D eigenvalue weighted by Crippen LogP contribution is -2.38. The van der Waals surface area contributed by atoms with E-state index in [-0.39, 0.29) is 6.03 Å². The third-order valence-electron chi connectivity index (χ3n) is 3.36. The lowest BCUT2D eigenvalue weighted by Gasteiger charge is -2.06. The van der Waals surface area contributed by atoms with Crippen molar-refractivity contribution in [1.82, 2.24) is 15.6 Å². The first kappa shape index (κ1) is 15.6. The molecule has 0 saturated heterocycles. The van der Waals surface area contributed by atoms with Gasteiger partial charge in [-0.05, 0) is 24.5 Å². The Morgan fingerprint density at radius 1 is 1.29 bits per heavy atom. The summed E-state index contributed by atoms with van der Waals surface area (Å²) < 4.78 is 10.9. The fourth-order valence-corrected chi connectivity index (χ4v) is 2.64. The van der Waals surface area contributed by atoms with Crippen LogP contribution in [0.15, 0.2) is 24.4 Å². The van der Waals surface area contributed by atoms with Crippen molar-refractivity contribution in [1.29, 1.82) is 0 Å². The zero-order chi connectivity index (χ0) is 15.2. The van der Waals surface area contributed by atoms with Crippen molar-refractivity contribution in [2.45, 2.75) is 13.3 Å². The van der Waals surface area contributed by atoms with Gasteiger partial charge in [-0.1, -0.05) is 18.2 Å². The monoisotopic (exact) mass is 307 g/mol. The zero-order valence-corrected chi connectivity index (χ0v) is 13.2. The molecule has 1 heterocycles. The van der Waals surface area contributed by atoms with Gasteiger partial charge in [-0.3, -0.25) is 4.21 Å². The van der Waals surface area contributed by atoms with Gasteiger partial charge in [0.2, 0.25) is 0 Å². The predicted molar refractivity (Wildman–Crippen MR) is 87.1 cm³/mol. The second kappa shape index (κ2) is 7.26. The van der Waals surface area contributed by atoms with Gasteiger partial charge in [-0.15, -0.1) is 0 Å². The second-order valence-electron chi connectivity index (χ2n) is 5.02. The molecule has 2 rings (SSSR count). The number of fused-ring (bicyclic) bond motifs is 1. The first-order valence-electron chi connectivity index (χ1n) is 6.95. The highest BCUT2D eigenvalue weighted by Gasteiger charge is 2.06. The first-order chi connectivity index (χ1) is 10.1. The fourth-order valence-electron chi connectivity index (χ4n) is 2.25. The first-order valence-corrected chi connectivity index (χ1v) is 8.68. The standard InChI is InChI=1S/C15H21N3O2S/c1-11-4-3-5-13-12(10-18-14(11)13)6-7-16-15(19)17-8-9-21(2)20/h3-5,10,18H,6-9H2,1-2H3,(H2,16,17,19)/t21-/m1/s1. The van der Waals surface area contributed by atoms with Crippen LogP contribution < -0.4 is 10.6 Å². The van der Waals surface area contributed by atoms with Crippen molar-refractivity contribution < 1.29 is 9.00 Å². The second-order valence-corrected chi connectivity index (χ2v) is 6.58. The van der Waals surface area contributed by atoms with Crippen LogP contribution in [0.25, 0.3) is 10.9 Å². The maximum absolute atomic E-state index is 11.5. The molecular weight excluding hydrogens is 286 g/mol. The molecule has 0 bridgehead atoms. The van der Waals surface area contributed by atoms with Gasteiger partial charge in [0.05, 0.1) is 0 Å². The lowest BCUT2D eigenvalue weighted by atomic mass is 10.1. The average Bonchev–Trinajstić information content (AvgIpc) is 2.83.